The van der Waals surface area contributed by atoms with E-state index in [-0.39, 0.29) is 16.5 Å². The number of benzene rings is 1. The molecule has 0 bridgehead atoms. The summed E-state index contributed by atoms with van der Waals surface area (Å²) in [5, 5.41) is 6.86. The van der Waals surface area contributed by atoms with Crippen molar-refractivity contribution in [3.05, 3.63) is 40.7 Å². The predicted octanol–water partition coefficient (Wildman–Crippen LogP) is 4.04. The highest BCUT2D eigenvalue weighted by Gasteiger charge is 2.22. The minimum atomic E-state index is -2.93. The predicted molar refractivity (Wildman–Crippen MR) is 98.9 cm³/mol. The van der Waals surface area contributed by atoms with E-state index < -0.39 is 25.1 Å². The van der Waals surface area contributed by atoms with Crippen molar-refractivity contribution in [3.8, 4) is 5.75 Å². The standard InChI is InChI=1S/C18H20ClF2N3O4/c1-3-4-9-24-16(19)15(11(2)23-24)17(26)27-10-14(25)22-12-5-7-13(8-6-12)28-18(20)21/h5-8,18H,3-4,9-10H2,1-2H3,(H,22,25). The van der Waals surface area contributed by atoms with Gasteiger partial charge in [0, 0.05) is 12.2 Å². The molecule has 0 saturated carbocycles. The summed E-state index contributed by atoms with van der Waals surface area (Å²) < 4.78 is 35.0. The third-order valence-corrected chi connectivity index (χ3v) is 4.07. The molecular weight excluding hydrogens is 396 g/mol. The van der Waals surface area contributed by atoms with Crippen molar-refractivity contribution in [2.24, 2.45) is 0 Å². The summed E-state index contributed by atoms with van der Waals surface area (Å²) in [6, 6.07) is 5.33. The molecule has 2 aromatic rings. The average Bonchev–Trinajstić information content (AvgIpc) is 2.92. The minimum Gasteiger partial charge on any atom is -0.452 e. The molecule has 0 fully saturated rings. The fraction of sp³-hybridized carbons (Fsp3) is 0.389. The van der Waals surface area contributed by atoms with Gasteiger partial charge in [0.05, 0.1) is 5.69 Å². The Labute approximate surface area is 165 Å². The monoisotopic (exact) mass is 415 g/mol. The van der Waals surface area contributed by atoms with Crippen molar-refractivity contribution in [2.45, 2.75) is 39.8 Å². The lowest BCUT2D eigenvalue weighted by atomic mass is 10.2. The maximum absolute atomic E-state index is 12.3. The van der Waals surface area contributed by atoms with E-state index >= 15 is 0 Å². The molecule has 0 saturated heterocycles. The van der Waals surface area contributed by atoms with Crippen LogP contribution in [0.1, 0.15) is 35.8 Å². The van der Waals surface area contributed by atoms with Crippen LogP contribution < -0.4 is 10.1 Å². The molecule has 0 aliphatic rings. The lowest BCUT2D eigenvalue weighted by molar-refractivity contribution is -0.119. The van der Waals surface area contributed by atoms with Crippen LogP contribution in [0.3, 0.4) is 0 Å². The maximum atomic E-state index is 12.3. The van der Waals surface area contributed by atoms with E-state index in [4.69, 9.17) is 16.3 Å². The number of alkyl halides is 2. The van der Waals surface area contributed by atoms with Crippen LogP contribution in [0.5, 0.6) is 5.75 Å². The number of rotatable bonds is 9. The van der Waals surface area contributed by atoms with Crippen molar-refractivity contribution >= 4 is 29.2 Å². The van der Waals surface area contributed by atoms with Crippen LogP contribution in [0.25, 0.3) is 0 Å². The average molecular weight is 416 g/mol. The molecule has 10 heteroatoms. The molecule has 0 aliphatic carbocycles. The first-order chi connectivity index (χ1) is 13.3. The highest BCUT2D eigenvalue weighted by atomic mass is 35.5. The van der Waals surface area contributed by atoms with E-state index in [2.05, 4.69) is 15.2 Å². The molecular formula is C18H20ClF2N3O4. The van der Waals surface area contributed by atoms with Gasteiger partial charge in [0.25, 0.3) is 5.91 Å². The second-order valence-corrected chi connectivity index (χ2v) is 6.21. The summed E-state index contributed by atoms with van der Waals surface area (Å²) in [6.45, 7) is 0.770. The van der Waals surface area contributed by atoms with E-state index in [0.717, 1.165) is 12.8 Å². The van der Waals surface area contributed by atoms with E-state index in [1.54, 1.807) is 6.92 Å². The molecule has 1 aromatic carbocycles. The van der Waals surface area contributed by atoms with Gasteiger partial charge in [-0.2, -0.15) is 13.9 Å². The van der Waals surface area contributed by atoms with E-state index in [9.17, 15) is 18.4 Å². The minimum absolute atomic E-state index is 0.0374. The largest absolute Gasteiger partial charge is 0.452 e. The van der Waals surface area contributed by atoms with E-state index in [1.807, 2.05) is 6.92 Å². The molecule has 7 nitrogen and oxygen atoms in total. The van der Waals surface area contributed by atoms with Crippen LogP contribution in [0.4, 0.5) is 14.5 Å². The number of carbonyl (C=O) groups is 2. The number of anilines is 1. The normalized spacial score (nSPS) is 10.8. The van der Waals surface area contributed by atoms with Crippen LogP contribution in [0.15, 0.2) is 24.3 Å². The molecule has 1 amide bonds. The van der Waals surface area contributed by atoms with Gasteiger partial charge in [0.2, 0.25) is 0 Å². The summed E-state index contributed by atoms with van der Waals surface area (Å²) in [6.07, 6.45) is 1.81. The first-order valence-corrected chi connectivity index (χ1v) is 8.94. The number of halogens is 3. The molecule has 0 spiro atoms. The van der Waals surface area contributed by atoms with Crippen molar-refractivity contribution in [2.75, 3.05) is 11.9 Å². The fourth-order valence-electron chi connectivity index (χ4n) is 2.36. The number of unbranched alkanes of at least 4 members (excludes halogenated alkanes) is 1. The smallest absolute Gasteiger partial charge is 0.387 e. The Morgan fingerprint density at radius 1 is 1.29 bits per heavy atom. The molecule has 152 valence electrons. The Balaban J connectivity index is 1.90. The summed E-state index contributed by atoms with van der Waals surface area (Å²) in [5.74, 6) is -1.38. The first kappa shape index (κ1) is 21.6. The second-order valence-electron chi connectivity index (χ2n) is 5.86. The first-order valence-electron chi connectivity index (χ1n) is 8.56. The van der Waals surface area contributed by atoms with Crippen molar-refractivity contribution in [3.63, 3.8) is 0 Å². The summed E-state index contributed by atoms with van der Waals surface area (Å²) in [7, 11) is 0. The zero-order chi connectivity index (χ0) is 20.7. The highest BCUT2D eigenvalue weighted by Crippen LogP contribution is 2.21. The summed E-state index contributed by atoms with van der Waals surface area (Å²) in [5.41, 5.74) is 0.879. The summed E-state index contributed by atoms with van der Waals surface area (Å²) in [4.78, 5) is 24.2. The van der Waals surface area contributed by atoms with Gasteiger partial charge in [-0.05, 0) is 37.6 Å². The number of aryl methyl sites for hydroxylation is 2. The SMILES string of the molecule is CCCCn1nc(C)c(C(=O)OCC(=O)Nc2ccc(OC(F)F)cc2)c1Cl. The Bertz CT molecular complexity index is 825. The molecule has 28 heavy (non-hydrogen) atoms. The van der Waals surface area contributed by atoms with E-state index in [0.29, 0.717) is 17.9 Å². The molecule has 1 heterocycles. The van der Waals surface area contributed by atoms with Crippen molar-refractivity contribution < 1.29 is 27.8 Å². The number of ether oxygens (including phenoxy) is 2. The highest BCUT2D eigenvalue weighted by molar-refractivity contribution is 6.32. The van der Waals surface area contributed by atoms with Crippen LogP contribution >= 0.6 is 11.6 Å². The zero-order valence-electron chi connectivity index (χ0n) is 15.4. The molecule has 0 unspecified atom stereocenters. The molecule has 2 rings (SSSR count). The van der Waals surface area contributed by atoms with Crippen LogP contribution in [0, 0.1) is 6.92 Å². The van der Waals surface area contributed by atoms with Gasteiger partial charge >= 0.3 is 12.6 Å². The number of hydrogen-bond acceptors (Lipinski definition) is 5. The fourth-order valence-corrected chi connectivity index (χ4v) is 2.70. The van der Waals surface area contributed by atoms with Gasteiger partial charge < -0.3 is 14.8 Å². The number of nitrogens with zero attached hydrogens (tertiary/aromatic N) is 2. The van der Waals surface area contributed by atoms with Gasteiger partial charge in [-0.25, -0.2) is 4.79 Å². The molecule has 0 atom stereocenters. The Morgan fingerprint density at radius 3 is 2.57 bits per heavy atom. The molecule has 1 aromatic heterocycles. The van der Waals surface area contributed by atoms with Crippen LogP contribution in [-0.2, 0) is 16.1 Å². The number of aromatic nitrogens is 2. The van der Waals surface area contributed by atoms with Crippen LogP contribution in [-0.4, -0.2) is 34.9 Å². The maximum Gasteiger partial charge on any atom is 0.387 e. The number of hydrogen-bond donors (Lipinski definition) is 1. The van der Waals surface area contributed by atoms with Crippen molar-refractivity contribution in [1.29, 1.82) is 0 Å². The summed E-state index contributed by atoms with van der Waals surface area (Å²) >= 11 is 6.19. The van der Waals surface area contributed by atoms with E-state index in [1.165, 1.54) is 28.9 Å². The number of esters is 1. The number of carbonyl (C=O) groups excluding carboxylic acids is 2. The number of nitrogens with one attached hydrogen (secondary N) is 1. The molecule has 0 aliphatic heterocycles. The Kier molecular flexibility index (Phi) is 7.74. The van der Waals surface area contributed by atoms with Crippen LogP contribution in [0.2, 0.25) is 5.15 Å². The lowest BCUT2D eigenvalue weighted by Gasteiger charge is -2.08. The number of amides is 1. The molecule has 1 N–H and O–H groups in total. The zero-order valence-corrected chi connectivity index (χ0v) is 16.1. The quantitative estimate of drug-likeness (QED) is 0.625. The second kappa shape index (κ2) is 10.0. The molecule has 0 radical (unpaired) electrons. The Hall–Kier alpha value is -2.68. The van der Waals surface area contributed by atoms with Gasteiger partial charge in [-0.1, -0.05) is 24.9 Å². The topological polar surface area (TPSA) is 82.5 Å². The lowest BCUT2D eigenvalue weighted by Crippen LogP contribution is -2.21. The van der Waals surface area contributed by atoms with Gasteiger partial charge in [-0.3, -0.25) is 9.48 Å². The Morgan fingerprint density at radius 2 is 1.96 bits per heavy atom. The third kappa shape index (κ3) is 5.91. The third-order valence-electron chi connectivity index (χ3n) is 3.69. The van der Waals surface area contributed by atoms with Gasteiger partial charge in [0.15, 0.2) is 6.61 Å². The van der Waals surface area contributed by atoms with Crippen molar-refractivity contribution in [1.82, 2.24) is 9.78 Å². The van der Waals surface area contributed by atoms with Gasteiger partial charge in [-0.15, -0.1) is 0 Å². The van der Waals surface area contributed by atoms with Gasteiger partial charge in [0.1, 0.15) is 16.5 Å².